The number of halogens is 4. The maximum absolute atomic E-state index is 13.9. The van der Waals surface area contributed by atoms with Crippen molar-refractivity contribution in [3.05, 3.63) is 124 Å². The first-order valence-electron chi connectivity index (χ1n) is 11.2. The van der Waals surface area contributed by atoms with Gasteiger partial charge in [0.05, 0.1) is 10.9 Å². The smallest absolute Gasteiger partial charge is 0.450 e. The van der Waals surface area contributed by atoms with Crippen LogP contribution in [0.15, 0.2) is 106 Å². The molecule has 0 N–H and O–H groups in total. The minimum atomic E-state index is -4.89. The lowest BCUT2D eigenvalue weighted by molar-refractivity contribution is -0.152. The maximum Gasteiger partial charge on any atom is 0.450 e. The van der Waals surface area contributed by atoms with Crippen LogP contribution in [0.5, 0.6) is 17.2 Å². The molecular weight excluding hydrogens is 505 g/mol. The van der Waals surface area contributed by atoms with Crippen LogP contribution in [0.3, 0.4) is 0 Å². The highest BCUT2D eigenvalue weighted by Crippen LogP contribution is 2.38. The summed E-state index contributed by atoms with van der Waals surface area (Å²) in [5, 5.41) is 0.338. The Morgan fingerprint density at radius 1 is 0.784 bits per heavy atom. The van der Waals surface area contributed by atoms with Crippen molar-refractivity contribution in [3.8, 4) is 28.4 Å². The molecule has 0 saturated carbocycles. The number of ether oxygens (including phenoxy) is 2. The molecule has 0 aliphatic rings. The summed E-state index contributed by atoms with van der Waals surface area (Å²) in [6.45, 7) is 0.122. The van der Waals surface area contributed by atoms with Crippen LogP contribution in [0.4, 0.5) is 13.2 Å². The molecule has 0 spiro atoms. The van der Waals surface area contributed by atoms with Gasteiger partial charge in [0.15, 0.2) is 0 Å². The highest BCUT2D eigenvalue weighted by atomic mass is 35.5. The third-order valence-corrected chi connectivity index (χ3v) is 5.79. The second-order valence-corrected chi connectivity index (χ2v) is 8.59. The lowest BCUT2D eigenvalue weighted by Crippen LogP contribution is -2.16. The molecule has 186 valence electrons. The van der Waals surface area contributed by atoms with Crippen LogP contribution >= 0.6 is 11.6 Å². The molecule has 0 amide bonds. The molecule has 4 nitrogen and oxygen atoms in total. The molecule has 5 rings (SSSR count). The van der Waals surface area contributed by atoms with Crippen LogP contribution in [0, 0.1) is 0 Å². The minimum absolute atomic E-state index is 0.00329. The molecule has 37 heavy (non-hydrogen) atoms. The van der Waals surface area contributed by atoms with E-state index in [0.29, 0.717) is 16.5 Å². The van der Waals surface area contributed by atoms with Gasteiger partial charge >= 0.3 is 6.18 Å². The largest absolute Gasteiger partial charge is 0.489 e. The summed E-state index contributed by atoms with van der Waals surface area (Å²) >= 11 is 5.86. The lowest BCUT2D eigenvalue weighted by Gasteiger charge is -2.14. The predicted octanol–water partition coefficient (Wildman–Crippen LogP) is 8.50. The molecule has 8 heteroatoms. The molecule has 1 aromatic heterocycles. The fraction of sp³-hybridized carbons (Fsp3) is 0.0690. The number of hydrogen-bond acceptors (Lipinski definition) is 4. The molecule has 0 bridgehead atoms. The molecule has 0 aliphatic heterocycles. The van der Waals surface area contributed by atoms with Gasteiger partial charge < -0.3 is 13.9 Å². The van der Waals surface area contributed by atoms with Crippen LogP contribution < -0.4 is 14.9 Å². The monoisotopic (exact) mass is 522 g/mol. The van der Waals surface area contributed by atoms with E-state index < -0.39 is 22.9 Å². The third-order valence-electron chi connectivity index (χ3n) is 5.54. The van der Waals surface area contributed by atoms with E-state index in [9.17, 15) is 18.0 Å². The van der Waals surface area contributed by atoms with Crippen LogP contribution in [0.1, 0.15) is 11.3 Å². The summed E-state index contributed by atoms with van der Waals surface area (Å²) in [7, 11) is 0. The Labute approximate surface area is 214 Å². The van der Waals surface area contributed by atoms with Gasteiger partial charge in [-0.05, 0) is 59.7 Å². The summed E-state index contributed by atoms with van der Waals surface area (Å²) < 4.78 is 58.5. The van der Waals surface area contributed by atoms with Crippen molar-refractivity contribution < 1.29 is 27.1 Å². The minimum Gasteiger partial charge on any atom is -0.489 e. The van der Waals surface area contributed by atoms with Gasteiger partial charge in [0, 0.05) is 11.1 Å². The molecule has 5 aromatic rings. The summed E-state index contributed by atoms with van der Waals surface area (Å²) in [6.07, 6.45) is -4.89. The van der Waals surface area contributed by atoms with E-state index >= 15 is 0 Å². The first kappa shape index (κ1) is 24.5. The zero-order valence-corrected chi connectivity index (χ0v) is 19.8. The van der Waals surface area contributed by atoms with Gasteiger partial charge in [-0.1, -0.05) is 54.1 Å². The summed E-state index contributed by atoms with van der Waals surface area (Å²) in [5.41, 5.74) is -0.753. The number of para-hydroxylation sites is 1. The number of rotatable bonds is 6. The Hall–Kier alpha value is -4.23. The van der Waals surface area contributed by atoms with Crippen molar-refractivity contribution in [1.29, 1.82) is 0 Å². The zero-order chi connectivity index (χ0) is 26.0. The first-order valence-corrected chi connectivity index (χ1v) is 11.5. The Bertz CT molecular complexity index is 1610. The van der Waals surface area contributed by atoms with Crippen LogP contribution in [0.25, 0.3) is 22.1 Å². The van der Waals surface area contributed by atoms with Crippen LogP contribution in [-0.4, -0.2) is 0 Å². The molecule has 0 unspecified atom stereocenters. The number of benzene rings is 4. The normalized spacial score (nSPS) is 11.5. The number of fused-ring (bicyclic) bond motifs is 1. The van der Waals surface area contributed by atoms with E-state index in [-0.39, 0.29) is 28.9 Å². The molecule has 0 atom stereocenters. The number of alkyl halides is 3. The van der Waals surface area contributed by atoms with Crippen LogP contribution in [0.2, 0.25) is 5.02 Å². The average molecular weight is 523 g/mol. The average Bonchev–Trinajstić information content (AvgIpc) is 2.88. The fourth-order valence-corrected chi connectivity index (χ4v) is 3.96. The van der Waals surface area contributed by atoms with Gasteiger partial charge in [-0.15, -0.1) is 0 Å². The molecule has 0 radical (unpaired) electrons. The van der Waals surface area contributed by atoms with Crippen molar-refractivity contribution in [2.75, 3.05) is 0 Å². The molecule has 4 aromatic carbocycles. The van der Waals surface area contributed by atoms with Gasteiger partial charge in [0.2, 0.25) is 11.2 Å². The maximum atomic E-state index is 13.9. The first-order chi connectivity index (χ1) is 17.8. The lowest BCUT2D eigenvalue weighted by atomic mass is 10.0. The van der Waals surface area contributed by atoms with Crippen LogP contribution in [-0.2, 0) is 12.8 Å². The quantitative estimate of drug-likeness (QED) is 0.224. The van der Waals surface area contributed by atoms with E-state index in [0.717, 1.165) is 5.56 Å². The van der Waals surface area contributed by atoms with E-state index in [4.69, 9.17) is 25.5 Å². The van der Waals surface area contributed by atoms with E-state index in [1.165, 1.54) is 42.5 Å². The van der Waals surface area contributed by atoms with Crippen molar-refractivity contribution in [2.45, 2.75) is 12.8 Å². The summed E-state index contributed by atoms with van der Waals surface area (Å²) in [4.78, 5) is 13.1. The molecule has 0 fully saturated rings. The van der Waals surface area contributed by atoms with E-state index in [2.05, 4.69) is 0 Å². The number of hydrogen-bond donors (Lipinski definition) is 0. The second-order valence-electron chi connectivity index (χ2n) is 8.15. The van der Waals surface area contributed by atoms with Gasteiger partial charge in [-0.2, -0.15) is 13.2 Å². The molecule has 0 aliphatic carbocycles. The zero-order valence-electron chi connectivity index (χ0n) is 19.1. The van der Waals surface area contributed by atoms with E-state index in [1.54, 1.807) is 12.1 Å². The second kappa shape index (κ2) is 10.0. The van der Waals surface area contributed by atoms with Gasteiger partial charge in [-0.25, -0.2) is 0 Å². The SMILES string of the molecule is O=c1c(-c2ccc(Cl)cc2)c(C(F)(F)F)oc2cc(OCc3cccc(Oc4ccccc4)c3)ccc12. The van der Waals surface area contributed by atoms with Crippen molar-refractivity contribution in [1.82, 2.24) is 0 Å². The molecule has 0 saturated heterocycles. The molecule has 1 heterocycles. The summed E-state index contributed by atoms with van der Waals surface area (Å²) in [6, 6.07) is 26.2. The molecular formula is C29H18ClF3O4. The van der Waals surface area contributed by atoms with Gasteiger partial charge in [-0.3, -0.25) is 4.79 Å². The Kier molecular flexibility index (Phi) is 6.63. The Balaban J connectivity index is 1.43. The van der Waals surface area contributed by atoms with Gasteiger partial charge in [0.25, 0.3) is 0 Å². The summed E-state index contributed by atoms with van der Waals surface area (Å²) in [5.74, 6) is 0.164. The standard InChI is InChI=1S/C29H18ClF3O4/c30-20-11-9-19(10-12-20)26-27(34)24-14-13-22(16-25(24)37-28(26)29(31,32)33)35-17-18-5-4-8-23(15-18)36-21-6-2-1-3-7-21/h1-16H,17H2. The third kappa shape index (κ3) is 5.47. The fourth-order valence-electron chi connectivity index (χ4n) is 3.83. The van der Waals surface area contributed by atoms with Crippen molar-refractivity contribution in [3.63, 3.8) is 0 Å². The van der Waals surface area contributed by atoms with Crippen molar-refractivity contribution >= 4 is 22.6 Å². The van der Waals surface area contributed by atoms with E-state index in [1.807, 2.05) is 42.5 Å². The Morgan fingerprint density at radius 2 is 1.51 bits per heavy atom. The highest BCUT2D eigenvalue weighted by molar-refractivity contribution is 6.30. The van der Waals surface area contributed by atoms with Gasteiger partial charge in [0.1, 0.15) is 29.4 Å². The topological polar surface area (TPSA) is 48.7 Å². The van der Waals surface area contributed by atoms with Crippen molar-refractivity contribution in [2.24, 2.45) is 0 Å². The highest BCUT2D eigenvalue weighted by Gasteiger charge is 2.39. The Morgan fingerprint density at radius 3 is 2.24 bits per heavy atom. The predicted molar refractivity (Wildman–Crippen MR) is 135 cm³/mol.